The van der Waals surface area contributed by atoms with Crippen molar-refractivity contribution in [1.29, 1.82) is 0 Å². The minimum Gasteiger partial charge on any atom is -0.320 e. The second-order valence-corrected chi connectivity index (χ2v) is 7.99. The van der Waals surface area contributed by atoms with Crippen LogP contribution in [0.1, 0.15) is 17.5 Å². The molecule has 3 rings (SSSR count). The first-order chi connectivity index (χ1) is 13.8. The number of amides is 2. The van der Waals surface area contributed by atoms with Gasteiger partial charge in [0.05, 0.1) is 9.83 Å². The number of carbonyl (C=O) groups is 2. The zero-order chi connectivity index (χ0) is 21.0. The van der Waals surface area contributed by atoms with Crippen molar-refractivity contribution in [3.8, 4) is 0 Å². The molecule has 7 nitrogen and oxygen atoms in total. The number of hydrogen-bond acceptors (Lipinski definition) is 6. The van der Waals surface area contributed by atoms with Crippen LogP contribution in [0.15, 0.2) is 53.4 Å². The fraction of sp³-hybridized carbons (Fsp3) is 0.150. The highest BCUT2D eigenvalue weighted by Crippen LogP contribution is 2.32. The van der Waals surface area contributed by atoms with E-state index in [4.69, 9.17) is 12.2 Å². The molecule has 0 radical (unpaired) electrons. The summed E-state index contributed by atoms with van der Waals surface area (Å²) in [6, 6.07) is 13.6. The Morgan fingerprint density at radius 1 is 1.24 bits per heavy atom. The van der Waals surface area contributed by atoms with E-state index in [1.54, 1.807) is 12.1 Å². The van der Waals surface area contributed by atoms with Gasteiger partial charge in [0.25, 0.3) is 11.6 Å². The molecule has 1 aliphatic heterocycles. The molecule has 0 spiro atoms. The van der Waals surface area contributed by atoms with Crippen LogP contribution in [0.5, 0.6) is 0 Å². The zero-order valence-corrected chi connectivity index (χ0v) is 17.1. The molecule has 9 heteroatoms. The molecule has 1 saturated heterocycles. The largest absolute Gasteiger partial charge is 0.320 e. The van der Waals surface area contributed by atoms with Crippen molar-refractivity contribution in [3.63, 3.8) is 0 Å². The molecule has 29 heavy (non-hydrogen) atoms. The number of para-hydroxylation sites is 2. The van der Waals surface area contributed by atoms with E-state index in [-0.39, 0.29) is 30.2 Å². The Kier molecular flexibility index (Phi) is 6.40. The summed E-state index contributed by atoms with van der Waals surface area (Å²) in [6.07, 6.45) is 1.74. The summed E-state index contributed by atoms with van der Waals surface area (Å²) in [6.45, 7) is 2.08. The van der Waals surface area contributed by atoms with Crippen LogP contribution >= 0.6 is 24.0 Å². The molecule has 0 saturated carbocycles. The third-order valence-electron chi connectivity index (χ3n) is 4.19. The normalized spacial score (nSPS) is 15.1. The van der Waals surface area contributed by atoms with Gasteiger partial charge in [-0.2, -0.15) is 0 Å². The molecule has 0 aromatic heterocycles. The lowest BCUT2D eigenvalue weighted by atomic mass is 10.1. The third kappa shape index (κ3) is 5.07. The average molecular weight is 428 g/mol. The van der Waals surface area contributed by atoms with E-state index in [1.807, 2.05) is 31.2 Å². The molecule has 1 fully saturated rings. The number of nitrogens with one attached hydrogen (secondary N) is 1. The van der Waals surface area contributed by atoms with Crippen LogP contribution in [0.3, 0.4) is 0 Å². The fourth-order valence-corrected chi connectivity index (χ4v) is 3.98. The highest BCUT2D eigenvalue weighted by atomic mass is 32.2. The van der Waals surface area contributed by atoms with Gasteiger partial charge in [0.1, 0.15) is 10.0 Å². The first-order valence-electron chi connectivity index (χ1n) is 8.70. The van der Waals surface area contributed by atoms with Gasteiger partial charge >= 0.3 is 0 Å². The molecular weight excluding hydrogens is 410 g/mol. The standard InChI is InChI=1S/C20H17N3O4S2/c1-13-6-8-14(9-7-13)12-17-19(25)22(20(28)29-17)11-10-18(24)21-15-4-2-3-5-16(15)23(26)27/h2-9,12H,10-11H2,1H3,(H,21,24). The predicted octanol–water partition coefficient (Wildman–Crippen LogP) is 4.13. The summed E-state index contributed by atoms with van der Waals surface area (Å²) in [5.41, 5.74) is 1.95. The minimum atomic E-state index is -0.562. The Hall–Kier alpha value is -3.04. The lowest BCUT2D eigenvalue weighted by Crippen LogP contribution is -2.31. The van der Waals surface area contributed by atoms with E-state index in [2.05, 4.69) is 5.32 Å². The number of anilines is 1. The van der Waals surface area contributed by atoms with Crippen molar-refractivity contribution in [2.75, 3.05) is 11.9 Å². The van der Waals surface area contributed by atoms with E-state index in [0.29, 0.717) is 9.23 Å². The van der Waals surface area contributed by atoms with Gasteiger partial charge in [0, 0.05) is 19.0 Å². The SMILES string of the molecule is Cc1ccc(C=C2SC(=S)N(CCC(=O)Nc3ccccc3[N+](=O)[O-])C2=O)cc1. The van der Waals surface area contributed by atoms with E-state index in [9.17, 15) is 19.7 Å². The average Bonchev–Trinajstić information content (AvgIpc) is 2.95. The molecule has 0 aliphatic carbocycles. The summed E-state index contributed by atoms with van der Waals surface area (Å²) in [5, 5.41) is 13.6. The van der Waals surface area contributed by atoms with Gasteiger partial charge < -0.3 is 5.32 Å². The van der Waals surface area contributed by atoms with Crippen molar-refractivity contribution >= 4 is 57.6 Å². The maximum absolute atomic E-state index is 12.6. The molecule has 2 aromatic rings. The number of thiocarbonyl (C=S) groups is 1. The zero-order valence-electron chi connectivity index (χ0n) is 15.5. The number of rotatable bonds is 6. The monoisotopic (exact) mass is 427 g/mol. The van der Waals surface area contributed by atoms with Crippen molar-refractivity contribution in [3.05, 3.63) is 74.7 Å². The number of thioether (sulfide) groups is 1. The summed E-state index contributed by atoms with van der Waals surface area (Å²) in [4.78, 5) is 37.2. The number of aryl methyl sites for hydroxylation is 1. The molecule has 0 unspecified atom stereocenters. The van der Waals surface area contributed by atoms with Gasteiger partial charge in [0.2, 0.25) is 5.91 Å². The van der Waals surface area contributed by atoms with Crippen molar-refractivity contribution in [2.45, 2.75) is 13.3 Å². The molecule has 2 aromatic carbocycles. The molecule has 1 aliphatic rings. The Balaban J connectivity index is 1.63. The lowest BCUT2D eigenvalue weighted by Gasteiger charge is -2.14. The Labute approximate surface area is 176 Å². The van der Waals surface area contributed by atoms with Crippen molar-refractivity contribution in [2.24, 2.45) is 0 Å². The van der Waals surface area contributed by atoms with Crippen LogP contribution in [0.25, 0.3) is 6.08 Å². The molecule has 1 N–H and O–H groups in total. The van der Waals surface area contributed by atoms with Crippen LogP contribution in [0.2, 0.25) is 0 Å². The van der Waals surface area contributed by atoms with Crippen LogP contribution in [0.4, 0.5) is 11.4 Å². The molecule has 1 heterocycles. The summed E-state index contributed by atoms with van der Waals surface area (Å²) in [7, 11) is 0. The Morgan fingerprint density at radius 3 is 2.62 bits per heavy atom. The van der Waals surface area contributed by atoms with Gasteiger partial charge in [-0.3, -0.25) is 24.6 Å². The number of nitro groups is 1. The van der Waals surface area contributed by atoms with E-state index in [0.717, 1.165) is 11.1 Å². The van der Waals surface area contributed by atoms with Gasteiger partial charge in [-0.1, -0.05) is 65.9 Å². The van der Waals surface area contributed by atoms with Gasteiger partial charge in [-0.25, -0.2) is 0 Å². The molecule has 148 valence electrons. The summed E-state index contributed by atoms with van der Waals surface area (Å²) in [5.74, 6) is -0.685. The first kappa shape index (κ1) is 20.7. The van der Waals surface area contributed by atoms with E-state index in [1.165, 1.54) is 34.9 Å². The minimum absolute atomic E-state index is 0.0314. The number of benzene rings is 2. The summed E-state index contributed by atoms with van der Waals surface area (Å²) >= 11 is 6.47. The van der Waals surface area contributed by atoms with Crippen LogP contribution in [-0.2, 0) is 9.59 Å². The number of hydrogen-bond donors (Lipinski definition) is 1. The highest BCUT2D eigenvalue weighted by Gasteiger charge is 2.32. The van der Waals surface area contributed by atoms with Gasteiger partial charge in [-0.05, 0) is 24.6 Å². The van der Waals surface area contributed by atoms with Gasteiger partial charge in [0.15, 0.2) is 0 Å². The lowest BCUT2D eigenvalue weighted by molar-refractivity contribution is -0.383. The summed E-state index contributed by atoms with van der Waals surface area (Å²) < 4.78 is 0.381. The van der Waals surface area contributed by atoms with Crippen LogP contribution in [0, 0.1) is 17.0 Å². The Morgan fingerprint density at radius 2 is 1.93 bits per heavy atom. The second-order valence-electron chi connectivity index (χ2n) is 6.32. The number of carbonyl (C=O) groups excluding carboxylic acids is 2. The smallest absolute Gasteiger partial charge is 0.292 e. The quantitative estimate of drug-likeness (QED) is 0.322. The molecule has 0 bridgehead atoms. The van der Waals surface area contributed by atoms with E-state index < -0.39 is 10.8 Å². The van der Waals surface area contributed by atoms with Crippen molar-refractivity contribution in [1.82, 2.24) is 4.90 Å². The van der Waals surface area contributed by atoms with Crippen molar-refractivity contribution < 1.29 is 14.5 Å². The van der Waals surface area contributed by atoms with Crippen LogP contribution < -0.4 is 5.32 Å². The third-order valence-corrected chi connectivity index (χ3v) is 5.56. The second kappa shape index (κ2) is 8.97. The maximum atomic E-state index is 12.6. The molecular formula is C20H17N3O4S2. The highest BCUT2D eigenvalue weighted by molar-refractivity contribution is 8.26. The predicted molar refractivity (Wildman–Crippen MR) is 117 cm³/mol. The maximum Gasteiger partial charge on any atom is 0.292 e. The number of nitrogens with zero attached hydrogens (tertiary/aromatic N) is 2. The first-order valence-corrected chi connectivity index (χ1v) is 9.93. The Bertz CT molecular complexity index is 1020. The van der Waals surface area contributed by atoms with E-state index >= 15 is 0 Å². The fourth-order valence-electron chi connectivity index (χ4n) is 2.67. The molecule has 0 atom stereocenters. The number of nitro benzene ring substituents is 1. The van der Waals surface area contributed by atoms with Crippen LogP contribution in [-0.4, -0.2) is 32.5 Å². The topological polar surface area (TPSA) is 92.6 Å². The van der Waals surface area contributed by atoms with Gasteiger partial charge in [-0.15, -0.1) is 0 Å². The molecule has 2 amide bonds.